The van der Waals surface area contributed by atoms with Gasteiger partial charge in [0.05, 0.1) is 4.88 Å². The van der Waals surface area contributed by atoms with Gasteiger partial charge in [-0.25, -0.2) is 0 Å². The molecule has 1 aromatic carbocycles. The average molecular weight is 364 g/mol. The Labute approximate surface area is 137 Å². The van der Waals surface area contributed by atoms with Crippen LogP contribution in [0.25, 0.3) is 0 Å². The Hall–Kier alpha value is -1.13. The molecule has 0 spiro atoms. The number of carbonyl (C=O) groups is 1. The maximum Gasteiger partial charge on any atom is 0.261 e. The second-order valence-corrected chi connectivity index (χ2v) is 7.48. The van der Waals surface area contributed by atoms with Crippen molar-refractivity contribution >= 4 is 33.2 Å². The van der Waals surface area contributed by atoms with E-state index < -0.39 is 0 Å². The summed E-state index contributed by atoms with van der Waals surface area (Å²) in [4.78, 5) is 14.6. The van der Waals surface area contributed by atoms with Crippen LogP contribution >= 0.6 is 27.3 Å². The van der Waals surface area contributed by atoms with Gasteiger partial charge in [-0.15, -0.1) is 11.3 Å². The molecule has 1 aliphatic rings. The zero-order valence-corrected chi connectivity index (χ0v) is 14.2. The molecule has 0 bridgehead atoms. The van der Waals surface area contributed by atoms with Crippen molar-refractivity contribution in [1.82, 2.24) is 5.32 Å². The van der Waals surface area contributed by atoms with Gasteiger partial charge in [-0.05, 0) is 55.0 Å². The first-order valence-corrected chi connectivity index (χ1v) is 8.97. The zero-order chi connectivity index (χ0) is 14.7. The molecule has 0 saturated carbocycles. The molecule has 1 N–H and O–H groups in total. The summed E-state index contributed by atoms with van der Waals surface area (Å²) in [6, 6.07) is 10.1. The highest BCUT2D eigenvalue weighted by atomic mass is 79.9. The number of nitrogens with one attached hydrogen (secondary N) is 1. The second kappa shape index (κ2) is 6.75. The fourth-order valence-electron chi connectivity index (χ4n) is 2.70. The summed E-state index contributed by atoms with van der Waals surface area (Å²) >= 11 is 5.12. The Kier molecular flexibility index (Phi) is 4.76. The summed E-state index contributed by atoms with van der Waals surface area (Å²) in [5.74, 6) is 0.0491. The summed E-state index contributed by atoms with van der Waals surface area (Å²) in [5, 5.41) is 3.02. The van der Waals surface area contributed by atoms with Crippen LogP contribution in [0.3, 0.4) is 0 Å². The number of hydrogen-bond donors (Lipinski definition) is 1. The van der Waals surface area contributed by atoms with Gasteiger partial charge in [0.15, 0.2) is 0 Å². The van der Waals surface area contributed by atoms with E-state index in [1.54, 1.807) is 11.3 Å². The number of carbonyl (C=O) groups excluding carboxylic acids is 1. The molecule has 21 heavy (non-hydrogen) atoms. The number of fused-ring (bicyclic) bond motifs is 1. The smallest absolute Gasteiger partial charge is 0.261 e. The van der Waals surface area contributed by atoms with Gasteiger partial charge in [0.2, 0.25) is 0 Å². The van der Waals surface area contributed by atoms with E-state index >= 15 is 0 Å². The Morgan fingerprint density at radius 3 is 2.90 bits per heavy atom. The molecule has 1 aromatic heterocycles. The van der Waals surface area contributed by atoms with Gasteiger partial charge < -0.3 is 5.32 Å². The van der Waals surface area contributed by atoms with Crippen LogP contribution in [0.4, 0.5) is 0 Å². The van der Waals surface area contributed by atoms with E-state index in [4.69, 9.17) is 0 Å². The second-order valence-electron chi connectivity index (χ2n) is 5.43. The predicted molar refractivity (Wildman–Crippen MR) is 90.9 cm³/mol. The van der Waals surface area contributed by atoms with Crippen LogP contribution in [0.15, 0.2) is 34.8 Å². The molecule has 1 amide bonds. The van der Waals surface area contributed by atoms with E-state index in [1.165, 1.54) is 29.7 Å². The standard InChI is InChI=1S/C17H18BrNOS/c18-14-7-4-5-12(9-14)11-19-17(20)16-10-13-6-2-1-3-8-15(13)21-16/h4-5,7,9-10H,1-3,6,8,11H2,(H,19,20). The molecule has 0 atom stereocenters. The Balaban J connectivity index is 1.65. The van der Waals surface area contributed by atoms with E-state index in [2.05, 4.69) is 27.3 Å². The van der Waals surface area contributed by atoms with Gasteiger partial charge in [-0.1, -0.05) is 34.5 Å². The molecular formula is C17H18BrNOS. The first kappa shape index (κ1) is 14.8. The maximum atomic E-state index is 12.3. The third kappa shape index (κ3) is 3.74. The lowest BCUT2D eigenvalue weighted by atomic mass is 10.1. The summed E-state index contributed by atoms with van der Waals surface area (Å²) in [5.41, 5.74) is 2.50. The van der Waals surface area contributed by atoms with Crippen molar-refractivity contribution in [2.45, 2.75) is 38.6 Å². The first-order chi connectivity index (χ1) is 10.2. The molecule has 2 nitrogen and oxygen atoms in total. The van der Waals surface area contributed by atoms with Crippen molar-refractivity contribution in [2.24, 2.45) is 0 Å². The molecule has 0 fully saturated rings. The van der Waals surface area contributed by atoms with Gasteiger partial charge >= 0.3 is 0 Å². The van der Waals surface area contributed by atoms with E-state index in [9.17, 15) is 4.79 Å². The van der Waals surface area contributed by atoms with E-state index in [0.717, 1.165) is 27.8 Å². The number of halogens is 1. The lowest BCUT2D eigenvalue weighted by Gasteiger charge is -2.04. The fourth-order valence-corrected chi connectivity index (χ4v) is 4.31. The Morgan fingerprint density at radius 1 is 1.19 bits per heavy atom. The SMILES string of the molecule is O=C(NCc1cccc(Br)c1)c1cc2c(s1)CCCCC2. The molecule has 0 unspecified atom stereocenters. The van der Waals surface area contributed by atoms with Crippen LogP contribution in [-0.4, -0.2) is 5.91 Å². The van der Waals surface area contributed by atoms with Crippen molar-refractivity contribution in [3.8, 4) is 0 Å². The number of aryl methyl sites for hydroxylation is 2. The number of benzene rings is 1. The van der Waals surface area contributed by atoms with Gasteiger partial charge in [0, 0.05) is 15.9 Å². The minimum Gasteiger partial charge on any atom is -0.347 e. The fraction of sp³-hybridized carbons (Fsp3) is 0.353. The van der Waals surface area contributed by atoms with Gasteiger partial charge in [-0.3, -0.25) is 4.79 Å². The predicted octanol–water partition coefficient (Wildman–Crippen LogP) is 4.71. The normalized spacial score (nSPS) is 14.3. The summed E-state index contributed by atoms with van der Waals surface area (Å²) in [6.45, 7) is 0.570. The number of rotatable bonds is 3. The molecule has 0 radical (unpaired) electrons. The zero-order valence-electron chi connectivity index (χ0n) is 11.8. The topological polar surface area (TPSA) is 29.1 Å². The van der Waals surface area contributed by atoms with E-state index in [-0.39, 0.29) is 5.91 Å². The molecule has 1 aliphatic carbocycles. The molecule has 0 aliphatic heterocycles. The molecular weight excluding hydrogens is 346 g/mol. The van der Waals surface area contributed by atoms with Crippen LogP contribution in [0.2, 0.25) is 0 Å². The number of hydrogen-bond acceptors (Lipinski definition) is 2. The first-order valence-electron chi connectivity index (χ1n) is 7.36. The van der Waals surface area contributed by atoms with Crippen LogP contribution < -0.4 is 5.32 Å². The van der Waals surface area contributed by atoms with Gasteiger partial charge in [-0.2, -0.15) is 0 Å². The highest BCUT2D eigenvalue weighted by Crippen LogP contribution is 2.29. The van der Waals surface area contributed by atoms with Gasteiger partial charge in [0.1, 0.15) is 0 Å². The molecule has 1 heterocycles. The summed E-state index contributed by atoms with van der Waals surface area (Å²) in [7, 11) is 0. The molecule has 4 heteroatoms. The van der Waals surface area contributed by atoms with Crippen molar-refractivity contribution in [3.63, 3.8) is 0 Å². The Morgan fingerprint density at radius 2 is 2.05 bits per heavy atom. The maximum absolute atomic E-state index is 12.3. The summed E-state index contributed by atoms with van der Waals surface area (Å²) in [6.07, 6.45) is 6.09. The monoisotopic (exact) mass is 363 g/mol. The highest BCUT2D eigenvalue weighted by Gasteiger charge is 2.16. The van der Waals surface area contributed by atoms with Crippen LogP contribution in [-0.2, 0) is 19.4 Å². The van der Waals surface area contributed by atoms with Crippen LogP contribution in [0, 0.1) is 0 Å². The van der Waals surface area contributed by atoms with Crippen LogP contribution in [0.5, 0.6) is 0 Å². The molecule has 2 aromatic rings. The van der Waals surface area contributed by atoms with Gasteiger partial charge in [0.25, 0.3) is 5.91 Å². The Bertz CT molecular complexity index is 626. The lowest BCUT2D eigenvalue weighted by Crippen LogP contribution is -2.21. The molecule has 3 rings (SSSR count). The quantitative estimate of drug-likeness (QED) is 0.786. The largest absolute Gasteiger partial charge is 0.347 e. The number of amides is 1. The third-order valence-corrected chi connectivity index (χ3v) is 5.54. The third-order valence-electron chi connectivity index (χ3n) is 3.81. The highest BCUT2D eigenvalue weighted by molar-refractivity contribution is 9.10. The van der Waals surface area contributed by atoms with Crippen molar-refractivity contribution in [3.05, 3.63) is 55.7 Å². The van der Waals surface area contributed by atoms with Crippen molar-refractivity contribution in [2.75, 3.05) is 0 Å². The summed E-state index contributed by atoms with van der Waals surface area (Å²) < 4.78 is 1.04. The lowest BCUT2D eigenvalue weighted by molar-refractivity contribution is 0.0955. The number of thiophene rings is 1. The van der Waals surface area contributed by atoms with Crippen molar-refractivity contribution in [1.29, 1.82) is 0 Å². The minimum absolute atomic E-state index is 0.0491. The average Bonchev–Trinajstić information content (AvgIpc) is 2.76. The molecule has 110 valence electrons. The van der Waals surface area contributed by atoms with E-state index in [0.29, 0.717) is 6.54 Å². The van der Waals surface area contributed by atoms with Crippen LogP contribution in [0.1, 0.15) is 44.9 Å². The minimum atomic E-state index is 0.0491. The molecule has 0 saturated heterocycles. The van der Waals surface area contributed by atoms with Crippen molar-refractivity contribution < 1.29 is 4.79 Å². The van der Waals surface area contributed by atoms with E-state index in [1.807, 2.05) is 24.3 Å².